The molecule has 1 N–H and O–H groups in total. The zero-order valence-corrected chi connectivity index (χ0v) is 8.20. The summed E-state index contributed by atoms with van der Waals surface area (Å²) in [4.78, 5) is 0. The molecule has 0 aliphatic carbocycles. The van der Waals surface area contributed by atoms with Gasteiger partial charge in [-0.15, -0.1) is 0 Å². The molecular formula is C12H16O. The predicted octanol–water partition coefficient (Wildman–Crippen LogP) is 2.73. The van der Waals surface area contributed by atoms with Crippen molar-refractivity contribution in [3.8, 4) is 0 Å². The highest BCUT2D eigenvalue weighted by molar-refractivity contribution is 5.22. The Morgan fingerprint density at radius 2 is 1.85 bits per heavy atom. The molecule has 0 unspecified atom stereocenters. The molecule has 0 amide bonds. The summed E-state index contributed by atoms with van der Waals surface area (Å²) in [5.41, 5.74) is 1.97. The van der Waals surface area contributed by atoms with Crippen LogP contribution in [-0.4, -0.2) is 11.2 Å². The molecule has 0 aliphatic heterocycles. The second-order valence-electron chi connectivity index (χ2n) is 3.49. The van der Waals surface area contributed by atoms with Crippen molar-refractivity contribution in [2.75, 3.05) is 0 Å². The molecule has 70 valence electrons. The maximum Gasteiger partial charge on any atom is 0.0810 e. The van der Waals surface area contributed by atoms with Gasteiger partial charge in [-0.2, -0.15) is 0 Å². The molecule has 0 aliphatic rings. The Labute approximate surface area is 79.7 Å². The molecule has 1 heteroatoms. The number of aliphatic hydroxyl groups is 1. The van der Waals surface area contributed by atoms with Crippen molar-refractivity contribution in [2.24, 2.45) is 0 Å². The fourth-order valence-electron chi connectivity index (χ4n) is 1.37. The standard InChI is InChI=1S/C12H16O/c1-9(2)12(13)10(3)11-7-5-4-6-8-11/h4-8,10,12-13H,1H2,2-3H3/t10-,12+/m0/s1. The van der Waals surface area contributed by atoms with E-state index in [-0.39, 0.29) is 5.92 Å². The number of hydrogen-bond acceptors (Lipinski definition) is 1. The van der Waals surface area contributed by atoms with E-state index in [1.165, 1.54) is 0 Å². The summed E-state index contributed by atoms with van der Waals surface area (Å²) in [6, 6.07) is 9.99. The minimum atomic E-state index is -0.442. The fraction of sp³-hybridized carbons (Fsp3) is 0.333. The van der Waals surface area contributed by atoms with Gasteiger partial charge in [-0.1, -0.05) is 49.4 Å². The van der Waals surface area contributed by atoms with Crippen LogP contribution in [-0.2, 0) is 0 Å². The van der Waals surface area contributed by atoms with E-state index in [2.05, 4.69) is 6.58 Å². The van der Waals surface area contributed by atoms with Crippen molar-refractivity contribution in [1.82, 2.24) is 0 Å². The van der Waals surface area contributed by atoms with Crippen molar-refractivity contribution in [2.45, 2.75) is 25.9 Å². The summed E-state index contributed by atoms with van der Waals surface area (Å²) in [6.07, 6.45) is -0.442. The average Bonchev–Trinajstić information content (AvgIpc) is 2.17. The fourth-order valence-corrected chi connectivity index (χ4v) is 1.37. The lowest BCUT2D eigenvalue weighted by molar-refractivity contribution is 0.185. The zero-order valence-electron chi connectivity index (χ0n) is 8.20. The summed E-state index contributed by atoms with van der Waals surface area (Å²) >= 11 is 0. The van der Waals surface area contributed by atoms with E-state index in [9.17, 15) is 5.11 Å². The van der Waals surface area contributed by atoms with Crippen molar-refractivity contribution in [3.63, 3.8) is 0 Å². The first-order valence-corrected chi connectivity index (χ1v) is 4.51. The number of rotatable bonds is 3. The zero-order chi connectivity index (χ0) is 9.84. The van der Waals surface area contributed by atoms with Crippen LogP contribution in [0.1, 0.15) is 25.3 Å². The highest BCUT2D eigenvalue weighted by Crippen LogP contribution is 2.22. The van der Waals surface area contributed by atoms with Gasteiger partial charge in [0.05, 0.1) is 6.10 Å². The van der Waals surface area contributed by atoms with Crippen LogP contribution in [0.2, 0.25) is 0 Å². The van der Waals surface area contributed by atoms with Crippen LogP contribution >= 0.6 is 0 Å². The second kappa shape index (κ2) is 4.24. The number of benzene rings is 1. The van der Waals surface area contributed by atoms with E-state index in [0.29, 0.717) is 0 Å². The Hall–Kier alpha value is -1.08. The summed E-state index contributed by atoms with van der Waals surface area (Å²) in [5.74, 6) is 0.124. The third-order valence-corrected chi connectivity index (χ3v) is 2.30. The summed E-state index contributed by atoms with van der Waals surface area (Å²) < 4.78 is 0. The first-order valence-electron chi connectivity index (χ1n) is 4.51. The van der Waals surface area contributed by atoms with Crippen LogP contribution < -0.4 is 0 Å². The summed E-state index contributed by atoms with van der Waals surface area (Å²) in [5, 5.41) is 9.75. The minimum Gasteiger partial charge on any atom is -0.388 e. The van der Waals surface area contributed by atoms with Crippen molar-refractivity contribution in [3.05, 3.63) is 48.0 Å². The Kier molecular flexibility index (Phi) is 3.26. The van der Waals surface area contributed by atoms with E-state index >= 15 is 0 Å². The van der Waals surface area contributed by atoms with Crippen LogP contribution in [0.5, 0.6) is 0 Å². The molecule has 1 aromatic rings. The van der Waals surface area contributed by atoms with Crippen molar-refractivity contribution < 1.29 is 5.11 Å². The van der Waals surface area contributed by atoms with E-state index < -0.39 is 6.10 Å². The molecule has 0 spiro atoms. The smallest absolute Gasteiger partial charge is 0.0810 e. The summed E-state index contributed by atoms with van der Waals surface area (Å²) in [7, 11) is 0. The van der Waals surface area contributed by atoms with Gasteiger partial charge in [0.15, 0.2) is 0 Å². The second-order valence-corrected chi connectivity index (χ2v) is 3.49. The van der Waals surface area contributed by atoms with Crippen LogP contribution in [0.4, 0.5) is 0 Å². The molecule has 1 rings (SSSR count). The van der Waals surface area contributed by atoms with E-state index in [0.717, 1.165) is 11.1 Å². The van der Waals surface area contributed by atoms with E-state index in [4.69, 9.17) is 0 Å². The highest BCUT2D eigenvalue weighted by atomic mass is 16.3. The molecule has 0 aromatic heterocycles. The van der Waals surface area contributed by atoms with Crippen LogP contribution in [0.3, 0.4) is 0 Å². The van der Waals surface area contributed by atoms with Gasteiger partial charge in [-0.05, 0) is 12.5 Å². The van der Waals surface area contributed by atoms with E-state index in [1.807, 2.05) is 44.2 Å². The average molecular weight is 176 g/mol. The molecule has 1 aromatic carbocycles. The Bertz CT molecular complexity index is 276. The van der Waals surface area contributed by atoms with Crippen molar-refractivity contribution in [1.29, 1.82) is 0 Å². The maximum absolute atomic E-state index is 9.75. The third-order valence-electron chi connectivity index (χ3n) is 2.30. The molecular weight excluding hydrogens is 160 g/mol. The Balaban J connectivity index is 2.79. The van der Waals surface area contributed by atoms with Gasteiger partial charge in [0.25, 0.3) is 0 Å². The van der Waals surface area contributed by atoms with Gasteiger partial charge in [-0.3, -0.25) is 0 Å². The largest absolute Gasteiger partial charge is 0.388 e. The number of aliphatic hydroxyl groups excluding tert-OH is 1. The molecule has 0 fully saturated rings. The molecule has 0 saturated carbocycles. The number of hydrogen-bond donors (Lipinski definition) is 1. The van der Waals surface area contributed by atoms with Crippen LogP contribution in [0, 0.1) is 0 Å². The molecule has 1 nitrogen and oxygen atoms in total. The van der Waals surface area contributed by atoms with Crippen LogP contribution in [0.25, 0.3) is 0 Å². The first kappa shape index (κ1) is 10.0. The quantitative estimate of drug-likeness (QED) is 0.702. The molecule has 0 bridgehead atoms. The monoisotopic (exact) mass is 176 g/mol. The lowest BCUT2D eigenvalue weighted by atomic mass is 9.92. The maximum atomic E-state index is 9.75. The molecule has 0 radical (unpaired) electrons. The van der Waals surface area contributed by atoms with Gasteiger partial charge < -0.3 is 5.11 Å². The van der Waals surface area contributed by atoms with Crippen LogP contribution in [0.15, 0.2) is 42.5 Å². The minimum absolute atomic E-state index is 0.124. The van der Waals surface area contributed by atoms with Gasteiger partial charge in [0.1, 0.15) is 0 Å². The molecule has 0 heterocycles. The van der Waals surface area contributed by atoms with E-state index in [1.54, 1.807) is 0 Å². The lowest BCUT2D eigenvalue weighted by Gasteiger charge is -2.19. The van der Waals surface area contributed by atoms with Gasteiger partial charge >= 0.3 is 0 Å². The molecule has 2 atom stereocenters. The van der Waals surface area contributed by atoms with Gasteiger partial charge in [-0.25, -0.2) is 0 Å². The van der Waals surface area contributed by atoms with Gasteiger partial charge in [0.2, 0.25) is 0 Å². The Morgan fingerprint density at radius 1 is 1.31 bits per heavy atom. The SMILES string of the molecule is C=C(C)[C@@H](O)[C@@H](C)c1ccccc1. The molecule has 0 saturated heterocycles. The van der Waals surface area contributed by atoms with Crippen molar-refractivity contribution >= 4 is 0 Å². The van der Waals surface area contributed by atoms with Gasteiger partial charge in [0, 0.05) is 5.92 Å². The third kappa shape index (κ3) is 2.43. The lowest BCUT2D eigenvalue weighted by Crippen LogP contribution is -2.16. The topological polar surface area (TPSA) is 20.2 Å². The first-order chi connectivity index (χ1) is 6.13. The predicted molar refractivity (Wildman–Crippen MR) is 55.7 cm³/mol. The highest BCUT2D eigenvalue weighted by Gasteiger charge is 2.15. The Morgan fingerprint density at radius 3 is 2.31 bits per heavy atom. The molecule has 13 heavy (non-hydrogen) atoms. The summed E-state index contributed by atoms with van der Waals surface area (Å²) in [6.45, 7) is 7.61. The normalized spacial score (nSPS) is 15.0.